The number of likely N-dealkylation sites (tertiary alicyclic amines) is 1. The fourth-order valence-corrected chi connectivity index (χ4v) is 4.22. The zero-order chi connectivity index (χ0) is 19.8. The van der Waals surface area contributed by atoms with Crippen LogP contribution in [0.15, 0.2) is 24.3 Å². The Morgan fingerprint density at radius 1 is 1.14 bits per heavy atom. The molecule has 1 atom stereocenters. The summed E-state index contributed by atoms with van der Waals surface area (Å²) in [4.78, 5) is 17.1. The Hall–Kier alpha value is -1.59. The third-order valence-corrected chi connectivity index (χ3v) is 6.08. The zero-order valence-electron chi connectivity index (χ0n) is 17.6. The first-order valence-corrected chi connectivity index (χ1v) is 11.0. The van der Waals surface area contributed by atoms with Gasteiger partial charge in [0, 0.05) is 44.6 Å². The Balaban J connectivity index is 1.45. The molecule has 28 heavy (non-hydrogen) atoms. The Labute approximate surface area is 170 Å². The first-order chi connectivity index (χ1) is 13.7. The lowest BCUT2D eigenvalue weighted by Gasteiger charge is -2.34. The number of amides is 1. The van der Waals surface area contributed by atoms with Gasteiger partial charge in [0.2, 0.25) is 5.91 Å². The largest absolute Gasteiger partial charge is 0.493 e. The average molecular weight is 389 g/mol. The summed E-state index contributed by atoms with van der Waals surface area (Å²) in [5.41, 5.74) is 1.31. The molecule has 5 nitrogen and oxygen atoms in total. The summed E-state index contributed by atoms with van der Waals surface area (Å²) in [6.45, 7) is 11.3. The molecule has 1 aromatic rings. The minimum Gasteiger partial charge on any atom is -0.493 e. The minimum atomic E-state index is 0.179. The number of ether oxygens (including phenoxy) is 2. The van der Waals surface area contributed by atoms with E-state index >= 15 is 0 Å². The summed E-state index contributed by atoms with van der Waals surface area (Å²) in [7, 11) is 0. The summed E-state index contributed by atoms with van der Waals surface area (Å²) in [5.74, 6) is 1.87. The number of carbonyl (C=O) groups is 1. The Morgan fingerprint density at radius 3 is 2.54 bits per heavy atom. The van der Waals surface area contributed by atoms with Gasteiger partial charge in [0.25, 0.3) is 0 Å². The molecule has 0 N–H and O–H groups in total. The van der Waals surface area contributed by atoms with Crippen LogP contribution in [0.2, 0.25) is 0 Å². The number of piperidine rings is 1. The van der Waals surface area contributed by atoms with Crippen molar-refractivity contribution in [2.24, 2.45) is 11.8 Å². The summed E-state index contributed by atoms with van der Waals surface area (Å²) >= 11 is 0. The van der Waals surface area contributed by atoms with E-state index in [0.29, 0.717) is 18.4 Å². The van der Waals surface area contributed by atoms with E-state index in [2.05, 4.69) is 47.9 Å². The van der Waals surface area contributed by atoms with E-state index in [1.54, 1.807) is 0 Å². The van der Waals surface area contributed by atoms with E-state index in [-0.39, 0.29) is 5.92 Å². The SMILES string of the molecule is CCC(CC)C(=O)N1CCCC(COc2ccc(CN3CCOCC3)cc2)C1. The van der Waals surface area contributed by atoms with Crippen LogP contribution in [0.25, 0.3) is 0 Å². The average Bonchev–Trinajstić information content (AvgIpc) is 2.75. The molecular formula is C23H36N2O3. The normalized spacial score (nSPS) is 21.1. The van der Waals surface area contributed by atoms with Crippen LogP contribution < -0.4 is 4.74 Å². The standard InChI is InChI=1S/C23H36N2O3/c1-3-21(4-2)23(26)25-11-5-6-20(17-25)18-28-22-9-7-19(8-10-22)16-24-12-14-27-15-13-24/h7-10,20-21H,3-6,11-18H2,1-2H3. The smallest absolute Gasteiger partial charge is 0.225 e. The highest BCUT2D eigenvalue weighted by molar-refractivity contribution is 5.78. The Kier molecular flexibility index (Phi) is 8.16. The number of hydrogen-bond donors (Lipinski definition) is 0. The summed E-state index contributed by atoms with van der Waals surface area (Å²) in [6.07, 6.45) is 4.09. The topological polar surface area (TPSA) is 42.0 Å². The Bertz CT molecular complexity index is 594. The van der Waals surface area contributed by atoms with Crippen molar-refractivity contribution in [2.75, 3.05) is 46.0 Å². The lowest BCUT2D eigenvalue weighted by molar-refractivity contribution is -0.137. The highest BCUT2D eigenvalue weighted by Crippen LogP contribution is 2.22. The first-order valence-electron chi connectivity index (χ1n) is 11.0. The van der Waals surface area contributed by atoms with Gasteiger partial charge in [-0.25, -0.2) is 0 Å². The fourth-order valence-electron chi connectivity index (χ4n) is 4.22. The van der Waals surface area contributed by atoms with Gasteiger partial charge >= 0.3 is 0 Å². The van der Waals surface area contributed by atoms with E-state index in [0.717, 1.165) is 77.4 Å². The van der Waals surface area contributed by atoms with Crippen molar-refractivity contribution in [1.82, 2.24) is 9.80 Å². The van der Waals surface area contributed by atoms with Crippen molar-refractivity contribution < 1.29 is 14.3 Å². The van der Waals surface area contributed by atoms with Gasteiger partial charge < -0.3 is 14.4 Å². The van der Waals surface area contributed by atoms with E-state index in [4.69, 9.17) is 9.47 Å². The second-order valence-electron chi connectivity index (χ2n) is 8.15. The third kappa shape index (κ3) is 5.95. The number of morpholine rings is 1. The number of rotatable bonds is 8. The second kappa shape index (κ2) is 10.8. The number of carbonyl (C=O) groups excluding carboxylic acids is 1. The van der Waals surface area contributed by atoms with Crippen molar-refractivity contribution in [3.63, 3.8) is 0 Å². The van der Waals surface area contributed by atoms with E-state index < -0.39 is 0 Å². The zero-order valence-corrected chi connectivity index (χ0v) is 17.6. The van der Waals surface area contributed by atoms with Gasteiger partial charge in [0.1, 0.15) is 5.75 Å². The minimum absolute atomic E-state index is 0.179. The lowest BCUT2D eigenvalue weighted by atomic mass is 9.95. The molecule has 0 spiro atoms. The molecule has 5 heteroatoms. The molecule has 0 aromatic heterocycles. The summed E-state index contributed by atoms with van der Waals surface area (Å²) in [6, 6.07) is 8.47. The molecule has 2 aliphatic heterocycles. The van der Waals surface area contributed by atoms with E-state index in [1.807, 2.05) is 0 Å². The molecule has 0 aliphatic carbocycles. The lowest BCUT2D eigenvalue weighted by Crippen LogP contribution is -2.44. The molecule has 1 amide bonds. The van der Waals surface area contributed by atoms with Crippen molar-refractivity contribution in [1.29, 1.82) is 0 Å². The Morgan fingerprint density at radius 2 is 1.86 bits per heavy atom. The van der Waals surface area contributed by atoms with Crippen molar-refractivity contribution in [3.05, 3.63) is 29.8 Å². The van der Waals surface area contributed by atoms with Crippen LogP contribution in [-0.4, -0.2) is 61.7 Å². The summed E-state index contributed by atoms with van der Waals surface area (Å²) < 4.78 is 11.5. The maximum Gasteiger partial charge on any atom is 0.225 e. The van der Waals surface area contributed by atoms with Crippen LogP contribution in [-0.2, 0) is 16.1 Å². The van der Waals surface area contributed by atoms with E-state index in [1.165, 1.54) is 5.56 Å². The molecule has 0 saturated carbocycles. The predicted molar refractivity (Wildman–Crippen MR) is 111 cm³/mol. The second-order valence-corrected chi connectivity index (χ2v) is 8.15. The molecule has 0 radical (unpaired) electrons. The van der Waals surface area contributed by atoms with Gasteiger partial charge in [-0.1, -0.05) is 26.0 Å². The molecule has 1 unspecified atom stereocenters. The predicted octanol–water partition coefficient (Wildman–Crippen LogP) is 3.57. The molecule has 2 heterocycles. The quantitative estimate of drug-likeness (QED) is 0.683. The van der Waals surface area contributed by atoms with Crippen LogP contribution in [0, 0.1) is 11.8 Å². The molecule has 3 rings (SSSR count). The molecular weight excluding hydrogens is 352 g/mol. The molecule has 1 aromatic carbocycles. The third-order valence-electron chi connectivity index (χ3n) is 6.08. The number of hydrogen-bond acceptors (Lipinski definition) is 4. The van der Waals surface area contributed by atoms with Gasteiger partial charge in [0.05, 0.1) is 19.8 Å². The number of benzene rings is 1. The monoisotopic (exact) mass is 388 g/mol. The van der Waals surface area contributed by atoms with Crippen molar-refractivity contribution in [2.45, 2.75) is 46.1 Å². The van der Waals surface area contributed by atoms with Gasteiger partial charge in [0.15, 0.2) is 0 Å². The summed E-state index contributed by atoms with van der Waals surface area (Å²) in [5, 5.41) is 0. The van der Waals surface area contributed by atoms with Crippen LogP contribution >= 0.6 is 0 Å². The van der Waals surface area contributed by atoms with Crippen LogP contribution in [0.5, 0.6) is 5.75 Å². The first kappa shape index (κ1) is 21.1. The van der Waals surface area contributed by atoms with E-state index in [9.17, 15) is 4.79 Å². The molecule has 0 bridgehead atoms. The molecule has 2 saturated heterocycles. The number of nitrogens with zero attached hydrogens (tertiary/aromatic N) is 2. The highest BCUT2D eigenvalue weighted by Gasteiger charge is 2.27. The van der Waals surface area contributed by atoms with Crippen LogP contribution in [0.3, 0.4) is 0 Å². The molecule has 156 valence electrons. The van der Waals surface area contributed by atoms with Gasteiger partial charge in [-0.3, -0.25) is 9.69 Å². The van der Waals surface area contributed by atoms with Gasteiger partial charge in [-0.05, 0) is 43.4 Å². The fraction of sp³-hybridized carbons (Fsp3) is 0.696. The maximum absolute atomic E-state index is 12.7. The van der Waals surface area contributed by atoms with Crippen LogP contribution in [0.1, 0.15) is 45.1 Å². The molecule has 2 fully saturated rings. The van der Waals surface area contributed by atoms with Crippen molar-refractivity contribution in [3.8, 4) is 5.75 Å². The van der Waals surface area contributed by atoms with Gasteiger partial charge in [-0.15, -0.1) is 0 Å². The van der Waals surface area contributed by atoms with Gasteiger partial charge in [-0.2, -0.15) is 0 Å². The van der Waals surface area contributed by atoms with Crippen molar-refractivity contribution >= 4 is 5.91 Å². The molecule has 2 aliphatic rings. The highest BCUT2D eigenvalue weighted by atomic mass is 16.5. The van der Waals surface area contributed by atoms with Crippen LogP contribution in [0.4, 0.5) is 0 Å². The maximum atomic E-state index is 12.7.